The number of aryl methyl sites for hydroxylation is 2. The van der Waals surface area contributed by atoms with Gasteiger partial charge in [0.2, 0.25) is 5.91 Å². The molecule has 0 aromatic carbocycles. The van der Waals surface area contributed by atoms with E-state index in [9.17, 15) is 22.8 Å². The Balaban J connectivity index is 1.88. The Morgan fingerprint density at radius 1 is 1.42 bits per heavy atom. The van der Waals surface area contributed by atoms with E-state index in [1.807, 2.05) is 0 Å². The third-order valence-electron chi connectivity index (χ3n) is 3.97. The first-order chi connectivity index (χ1) is 11.3. The molecule has 2 aromatic rings. The van der Waals surface area contributed by atoms with E-state index in [-0.39, 0.29) is 23.5 Å². The second-order valence-electron chi connectivity index (χ2n) is 5.66. The van der Waals surface area contributed by atoms with Crippen LogP contribution in [0.2, 0.25) is 0 Å². The molecule has 2 aromatic heterocycles. The lowest BCUT2D eigenvalue weighted by molar-refractivity contribution is -0.141. The normalized spacial score (nSPS) is 14.6. The summed E-state index contributed by atoms with van der Waals surface area (Å²) < 4.78 is 39.1. The predicted molar refractivity (Wildman–Crippen MR) is 79.7 cm³/mol. The molecule has 9 heteroatoms. The van der Waals surface area contributed by atoms with E-state index in [0.29, 0.717) is 19.4 Å². The number of aromatic nitrogens is 3. The number of anilines is 1. The summed E-state index contributed by atoms with van der Waals surface area (Å²) in [4.78, 5) is 28.4. The average Bonchev–Trinajstić information content (AvgIpc) is 2.88. The van der Waals surface area contributed by atoms with Gasteiger partial charge in [0.25, 0.3) is 5.56 Å². The number of nitrogens with zero attached hydrogens (tertiary/aromatic N) is 3. The van der Waals surface area contributed by atoms with E-state index in [1.165, 1.54) is 18.0 Å². The Morgan fingerprint density at radius 3 is 2.83 bits per heavy atom. The van der Waals surface area contributed by atoms with Crippen molar-refractivity contribution >= 4 is 11.6 Å². The quantitative estimate of drug-likeness (QED) is 0.907. The SMILES string of the molecule is Cc1cc(C(F)(F)F)nn1CC(=O)N1CCCc2cc[nH]c(=O)c21. The van der Waals surface area contributed by atoms with Crippen LogP contribution in [0.25, 0.3) is 0 Å². The second kappa shape index (κ2) is 5.81. The topological polar surface area (TPSA) is 71.0 Å². The van der Waals surface area contributed by atoms with Crippen LogP contribution >= 0.6 is 0 Å². The Labute approximate surface area is 134 Å². The van der Waals surface area contributed by atoms with Gasteiger partial charge in [-0.15, -0.1) is 0 Å². The van der Waals surface area contributed by atoms with Gasteiger partial charge in [0.05, 0.1) is 0 Å². The molecule has 24 heavy (non-hydrogen) atoms. The first-order valence-corrected chi connectivity index (χ1v) is 7.40. The molecule has 1 N–H and O–H groups in total. The molecule has 0 unspecified atom stereocenters. The maximum absolute atomic E-state index is 12.7. The highest BCUT2D eigenvalue weighted by Gasteiger charge is 2.35. The lowest BCUT2D eigenvalue weighted by Gasteiger charge is -2.28. The number of nitrogens with one attached hydrogen (secondary N) is 1. The van der Waals surface area contributed by atoms with Gasteiger partial charge in [0.1, 0.15) is 12.2 Å². The number of hydrogen-bond donors (Lipinski definition) is 1. The lowest BCUT2D eigenvalue weighted by atomic mass is 10.0. The minimum atomic E-state index is -4.56. The zero-order chi connectivity index (χ0) is 17.5. The van der Waals surface area contributed by atoms with Crippen molar-refractivity contribution in [2.45, 2.75) is 32.5 Å². The number of H-pyrrole nitrogens is 1. The fraction of sp³-hybridized carbons (Fsp3) is 0.400. The monoisotopic (exact) mass is 340 g/mol. The van der Waals surface area contributed by atoms with Crippen LogP contribution in [0.5, 0.6) is 0 Å². The highest BCUT2D eigenvalue weighted by Crippen LogP contribution is 2.28. The number of fused-ring (bicyclic) bond motifs is 1. The highest BCUT2D eigenvalue weighted by molar-refractivity contribution is 5.94. The first-order valence-electron chi connectivity index (χ1n) is 7.40. The largest absolute Gasteiger partial charge is 0.435 e. The van der Waals surface area contributed by atoms with Gasteiger partial charge in [-0.2, -0.15) is 18.3 Å². The third kappa shape index (κ3) is 2.93. The summed E-state index contributed by atoms with van der Waals surface area (Å²) in [5, 5.41) is 3.45. The summed E-state index contributed by atoms with van der Waals surface area (Å²) in [5.41, 5.74) is -0.158. The molecule has 0 aliphatic carbocycles. The Bertz CT molecular complexity index is 838. The number of aromatic amines is 1. The van der Waals surface area contributed by atoms with Crippen molar-refractivity contribution in [2.24, 2.45) is 0 Å². The number of pyridine rings is 1. The van der Waals surface area contributed by atoms with Crippen LogP contribution in [-0.4, -0.2) is 27.2 Å². The van der Waals surface area contributed by atoms with Gasteiger partial charge in [-0.3, -0.25) is 14.3 Å². The van der Waals surface area contributed by atoms with Crippen molar-refractivity contribution < 1.29 is 18.0 Å². The summed E-state index contributed by atoms with van der Waals surface area (Å²) in [7, 11) is 0. The van der Waals surface area contributed by atoms with E-state index < -0.39 is 17.8 Å². The number of amides is 1. The summed E-state index contributed by atoms with van der Waals surface area (Å²) in [6.45, 7) is 1.45. The van der Waals surface area contributed by atoms with Crippen molar-refractivity contribution in [3.63, 3.8) is 0 Å². The van der Waals surface area contributed by atoms with E-state index in [0.717, 1.165) is 16.3 Å². The van der Waals surface area contributed by atoms with Gasteiger partial charge in [0.15, 0.2) is 5.69 Å². The smallest absolute Gasteiger partial charge is 0.327 e. The van der Waals surface area contributed by atoms with Gasteiger partial charge >= 0.3 is 6.18 Å². The molecule has 0 saturated carbocycles. The average molecular weight is 340 g/mol. The predicted octanol–water partition coefficient (Wildman–Crippen LogP) is 1.88. The van der Waals surface area contributed by atoms with Gasteiger partial charge in [-0.1, -0.05) is 0 Å². The molecular weight excluding hydrogens is 325 g/mol. The number of carbonyl (C=O) groups is 1. The number of rotatable bonds is 2. The van der Waals surface area contributed by atoms with Crippen LogP contribution < -0.4 is 10.5 Å². The molecule has 1 amide bonds. The molecule has 3 rings (SSSR count). The fourth-order valence-electron chi connectivity index (χ4n) is 2.82. The molecule has 0 radical (unpaired) electrons. The molecule has 0 bridgehead atoms. The maximum atomic E-state index is 12.7. The summed E-state index contributed by atoms with van der Waals surface area (Å²) in [6.07, 6.45) is -1.67. The number of halogens is 3. The van der Waals surface area contributed by atoms with Crippen LogP contribution in [0.3, 0.4) is 0 Å². The molecule has 1 aliphatic rings. The van der Waals surface area contributed by atoms with E-state index in [1.54, 1.807) is 6.07 Å². The van der Waals surface area contributed by atoms with Crippen LogP contribution in [0.4, 0.5) is 18.9 Å². The molecule has 6 nitrogen and oxygen atoms in total. The van der Waals surface area contributed by atoms with Crippen LogP contribution in [0.1, 0.15) is 23.4 Å². The third-order valence-corrected chi connectivity index (χ3v) is 3.97. The minimum absolute atomic E-state index is 0.231. The summed E-state index contributed by atoms with van der Waals surface area (Å²) in [6, 6.07) is 2.63. The zero-order valence-corrected chi connectivity index (χ0v) is 12.9. The fourth-order valence-corrected chi connectivity index (χ4v) is 2.82. The Hall–Kier alpha value is -2.58. The molecule has 3 heterocycles. The molecule has 0 saturated heterocycles. The van der Waals surface area contributed by atoms with Crippen molar-refractivity contribution in [1.82, 2.24) is 14.8 Å². The van der Waals surface area contributed by atoms with Crippen molar-refractivity contribution in [3.8, 4) is 0 Å². The molecule has 0 spiro atoms. The summed E-state index contributed by atoms with van der Waals surface area (Å²) >= 11 is 0. The van der Waals surface area contributed by atoms with Crippen LogP contribution in [-0.2, 0) is 23.9 Å². The van der Waals surface area contributed by atoms with E-state index in [2.05, 4.69) is 10.1 Å². The number of hydrogen-bond acceptors (Lipinski definition) is 3. The molecular formula is C15H15F3N4O2. The van der Waals surface area contributed by atoms with Gasteiger partial charge in [-0.05, 0) is 37.5 Å². The Morgan fingerprint density at radius 2 is 2.17 bits per heavy atom. The van der Waals surface area contributed by atoms with Crippen LogP contribution in [0.15, 0.2) is 23.1 Å². The van der Waals surface area contributed by atoms with Crippen molar-refractivity contribution in [3.05, 3.63) is 45.6 Å². The van der Waals surface area contributed by atoms with Crippen molar-refractivity contribution in [2.75, 3.05) is 11.4 Å². The van der Waals surface area contributed by atoms with Gasteiger partial charge < -0.3 is 9.88 Å². The summed E-state index contributed by atoms with van der Waals surface area (Å²) in [5.74, 6) is -0.465. The number of carbonyl (C=O) groups excluding carboxylic acids is 1. The second-order valence-corrected chi connectivity index (χ2v) is 5.66. The van der Waals surface area contributed by atoms with Gasteiger partial charge in [-0.25, -0.2) is 0 Å². The number of alkyl halides is 3. The van der Waals surface area contributed by atoms with Gasteiger partial charge in [0, 0.05) is 18.4 Å². The highest BCUT2D eigenvalue weighted by atomic mass is 19.4. The minimum Gasteiger partial charge on any atom is -0.327 e. The first kappa shape index (κ1) is 16.3. The van der Waals surface area contributed by atoms with E-state index in [4.69, 9.17) is 0 Å². The maximum Gasteiger partial charge on any atom is 0.435 e. The van der Waals surface area contributed by atoms with Crippen molar-refractivity contribution in [1.29, 1.82) is 0 Å². The molecule has 128 valence electrons. The zero-order valence-electron chi connectivity index (χ0n) is 12.9. The molecule has 1 aliphatic heterocycles. The van der Waals surface area contributed by atoms with E-state index >= 15 is 0 Å². The molecule has 0 atom stereocenters. The van der Waals surface area contributed by atoms with Crippen LogP contribution in [0, 0.1) is 6.92 Å². The standard InChI is InChI=1S/C15H15F3N4O2/c1-9-7-11(15(16,17)18)20-22(9)8-12(23)21-6-2-3-10-4-5-19-14(24)13(10)21/h4-5,7H,2-3,6,8H2,1H3,(H,19,24). The Kier molecular flexibility index (Phi) is 3.94. The molecule has 0 fully saturated rings. The lowest BCUT2D eigenvalue weighted by Crippen LogP contribution is -2.41.